The van der Waals surface area contributed by atoms with Gasteiger partial charge in [0, 0.05) is 18.3 Å². The van der Waals surface area contributed by atoms with E-state index < -0.39 is 0 Å². The van der Waals surface area contributed by atoms with Crippen molar-refractivity contribution in [2.75, 3.05) is 31.0 Å². The summed E-state index contributed by atoms with van der Waals surface area (Å²) in [5.74, 6) is 1.62. The Morgan fingerprint density at radius 2 is 1.90 bits per heavy atom. The third-order valence-corrected chi connectivity index (χ3v) is 4.42. The average Bonchev–Trinajstić information content (AvgIpc) is 2.74. The van der Waals surface area contributed by atoms with Crippen LogP contribution in [0.15, 0.2) is 54.9 Å². The monoisotopic (exact) mass is 392 g/mol. The van der Waals surface area contributed by atoms with Gasteiger partial charge in [-0.2, -0.15) is 0 Å². The molecule has 0 aliphatic carbocycles. The van der Waals surface area contributed by atoms with E-state index in [2.05, 4.69) is 15.3 Å². The number of benzene rings is 2. The van der Waals surface area contributed by atoms with Gasteiger partial charge in [-0.05, 0) is 43.7 Å². The summed E-state index contributed by atoms with van der Waals surface area (Å²) in [7, 11) is 3.19. The molecule has 0 aliphatic rings. The lowest BCUT2D eigenvalue weighted by Crippen LogP contribution is -2.31. The number of ether oxygens (including phenoxy) is 2. The first kappa shape index (κ1) is 20.1. The maximum absolute atomic E-state index is 12.9. The first-order valence-corrected chi connectivity index (χ1v) is 9.25. The molecule has 150 valence electrons. The lowest BCUT2D eigenvalue weighted by Gasteiger charge is -2.21. The molecule has 0 radical (unpaired) electrons. The Morgan fingerprint density at radius 1 is 1.07 bits per heavy atom. The molecule has 3 rings (SSSR count). The number of amides is 1. The number of aromatic nitrogens is 2. The molecule has 0 bridgehead atoms. The molecule has 1 N–H and O–H groups in total. The fourth-order valence-electron chi connectivity index (χ4n) is 2.93. The van der Waals surface area contributed by atoms with Crippen molar-refractivity contribution in [3.8, 4) is 11.5 Å². The van der Waals surface area contributed by atoms with Gasteiger partial charge < -0.3 is 19.7 Å². The Bertz CT molecular complexity index is 990. The zero-order chi connectivity index (χ0) is 20.8. The average molecular weight is 392 g/mol. The largest absolute Gasteiger partial charge is 0.497 e. The number of methoxy groups -OCH3 is 2. The van der Waals surface area contributed by atoms with E-state index in [1.54, 1.807) is 31.3 Å². The highest BCUT2D eigenvalue weighted by molar-refractivity contribution is 6.04. The van der Waals surface area contributed by atoms with E-state index in [1.807, 2.05) is 44.2 Å². The molecule has 0 fully saturated rings. The molecule has 1 amide bonds. The lowest BCUT2D eigenvalue weighted by molar-refractivity contribution is 0.0983. The number of carbonyl (C=O) groups is 1. The van der Waals surface area contributed by atoms with Crippen LogP contribution in [0.25, 0.3) is 0 Å². The number of anilines is 3. The molecule has 0 aliphatic heterocycles. The minimum Gasteiger partial charge on any atom is -0.497 e. The molecule has 1 aromatic heterocycles. The summed E-state index contributed by atoms with van der Waals surface area (Å²) in [6.45, 7) is 4.46. The molecule has 0 saturated carbocycles. The van der Waals surface area contributed by atoms with Crippen LogP contribution in [0, 0.1) is 6.92 Å². The smallest absolute Gasteiger partial charge is 0.278 e. The normalized spacial score (nSPS) is 10.3. The Morgan fingerprint density at radius 3 is 2.52 bits per heavy atom. The van der Waals surface area contributed by atoms with Crippen molar-refractivity contribution in [2.45, 2.75) is 13.8 Å². The van der Waals surface area contributed by atoms with Gasteiger partial charge in [-0.1, -0.05) is 12.1 Å². The van der Waals surface area contributed by atoms with Gasteiger partial charge in [-0.15, -0.1) is 0 Å². The van der Waals surface area contributed by atoms with Crippen molar-refractivity contribution in [3.05, 3.63) is 66.1 Å². The molecular weight excluding hydrogens is 368 g/mol. The molecule has 0 unspecified atom stereocenters. The SMILES string of the molecule is CCN(C(=O)c1cnc(Nc2cc(OC)ccc2OC)cn1)c1cccc(C)c1. The van der Waals surface area contributed by atoms with Crippen LogP contribution in [0.1, 0.15) is 23.0 Å². The highest BCUT2D eigenvalue weighted by atomic mass is 16.5. The van der Waals surface area contributed by atoms with E-state index >= 15 is 0 Å². The van der Waals surface area contributed by atoms with Gasteiger partial charge in [0.15, 0.2) is 0 Å². The summed E-state index contributed by atoms with van der Waals surface area (Å²) in [6, 6.07) is 13.2. The van der Waals surface area contributed by atoms with Crippen LogP contribution in [-0.2, 0) is 0 Å². The van der Waals surface area contributed by atoms with Crippen molar-refractivity contribution in [3.63, 3.8) is 0 Å². The Balaban J connectivity index is 1.80. The minimum atomic E-state index is -0.198. The van der Waals surface area contributed by atoms with E-state index in [0.717, 1.165) is 11.3 Å². The molecule has 0 atom stereocenters. The summed E-state index contributed by atoms with van der Waals surface area (Å²) in [4.78, 5) is 23.2. The molecule has 0 spiro atoms. The first-order chi connectivity index (χ1) is 14.0. The minimum absolute atomic E-state index is 0.198. The topological polar surface area (TPSA) is 76.6 Å². The van der Waals surface area contributed by atoms with Gasteiger partial charge >= 0.3 is 0 Å². The Hall–Kier alpha value is -3.61. The molecule has 1 heterocycles. The van der Waals surface area contributed by atoms with Crippen LogP contribution in [0.5, 0.6) is 11.5 Å². The van der Waals surface area contributed by atoms with E-state index in [-0.39, 0.29) is 11.6 Å². The number of rotatable bonds is 7. The van der Waals surface area contributed by atoms with Crippen LogP contribution >= 0.6 is 0 Å². The van der Waals surface area contributed by atoms with Crippen molar-refractivity contribution in [2.24, 2.45) is 0 Å². The van der Waals surface area contributed by atoms with Gasteiger partial charge in [-0.3, -0.25) is 4.79 Å². The van der Waals surface area contributed by atoms with Gasteiger partial charge in [0.25, 0.3) is 5.91 Å². The van der Waals surface area contributed by atoms with Crippen molar-refractivity contribution >= 4 is 23.1 Å². The van der Waals surface area contributed by atoms with Crippen LogP contribution in [0.4, 0.5) is 17.2 Å². The van der Waals surface area contributed by atoms with Gasteiger partial charge in [0.1, 0.15) is 23.0 Å². The number of nitrogens with one attached hydrogen (secondary N) is 1. The summed E-state index contributed by atoms with van der Waals surface area (Å²) >= 11 is 0. The van der Waals surface area contributed by atoms with Crippen LogP contribution in [0.2, 0.25) is 0 Å². The van der Waals surface area contributed by atoms with Crippen molar-refractivity contribution in [1.82, 2.24) is 9.97 Å². The predicted octanol–water partition coefficient (Wildman–Crippen LogP) is 4.21. The van der Waals surface area contributed by atoms with Crippen LogP contribution in [0.3, 0.4) is 0 Å². The fourth-order valence-corrected chi connectivity index (χ4v) is 2.93. The Kier molecular flexibility index (Phi) is 6.29. The van der Waals surface area contributed by atoms with Gasteiger partial charge in [0.05, 0.1) is 32.3 Å². The standard InChI is InChI=1S/C22H24N4O3/c1-5-26(16-8-6-7-15(2)11-16)22(27)19-13-24-21(14-23-19)25-18-12-17(28-3)9-10-20(18)29-4/h6-14H,5H2,1-4H3,(H,24,25). The fraction of sp³-hybridized carbons (Fsp3) is 0.227. The maximum atomic E-state index is 12.9. The highest BCUT2D eigenvalue weighted by Crippen LogP contribution is 2.30. The molecule has 7 heteroatoms. The zero-order valence-corrected chi connectivity index (χ0v) is 17.0. The van der Waals surface area contributed by atoms with E-state index in [9.17, 15) is 4.79 Å². The zero-order valence-electron chi connectivity index (χ0n) is 17.0. The number of hydrogen-bond acceptors (Lipinski definition) is 6. The lowest BCUT2D eigenvalue weighted by atomic mass is 10.2. The molecular formula is C22H24N4O3. The van der Waals surface area contributed by atoms with Crippen molar-refractivity contribution in [1.29, 1.82) is 0 Å². The summed E-state index contributed by atoms with van der Waals surface area (Å²) in [5, 5.41) is 3.14. The molecule has 3 aromatic rings. The molecule has 2 aromatic carbocycles. The third-order valence-electron chi connectivity index (χ3n) is 4.42. The molecule has 7 nitrogen and oxygen atoms in total. The predicted molar refractivity (Wildman–Crippen MR) is 113 cm³/mol. The second-order valence-corrected chi connectivity index (χ2v) is 6.37. The number of carbonyl (C=O) groups excluding carboxylic acids is 1. The first-order valence-electron chi connectivity index (χ1n) is 9.25. The van der Waals surface area contributed by atoms with Crippen molar-refractivity contribution < 1.29 is 14.3 Å². The van der Waals surface area contributed by atoms with Gasteiger partial charge in [0.2, 0.25) is 0 Å². The molecule has 29 heavy (non-hydrogen) atoms. The van der Waals surface area contributed by atoms with E-state index in [4.69, 9.17) is 9.47 Å². The van der Waals surface area contributed by atoms with E-state index in [1.165, 1.54) is 12.4 Å². The highest BCUT2D eigenvalue weighted by Gasteiger charge is 2.18. The summed E-state index contributed by atoms with van der Waals surface area (Å²) < 4.78 is 10.6. The van der Waals surface area contributed by atoms with Crippen LogP contribution in [-0.4, -0.2) is 36.6 Å². The molecule has 0 saturated heterocycles. The van der Waals surface area contributed by atoms with Gasteiger partial charge in [-0.25, -0.2) is 9.97 Å². The quantitative estimate of drug-likeness (QED) is 0.649. The number of hydrogen-bond donors (Lipinski definition) is 1. The van der Waals surface area contributed by atoms with E-state index in [0.29, 0.717) is 29.5 Å². The second-order valence-electron chi connectivity index (χ2n) is 6.37. The summed E-state index contributed by atoms with van der Waals surface area (Å²) in [5.41, 5.74) is 2.89. The maximum Gasteiger partial charge on any atom is 0.278 e. The summed E-state index contributed by atoms with van der Waals surface area (Å²) in [6.07, 6.45) is 2.99. The second kappa shape index (κ2) is 9.05. The Labute approximate surface area is 170 Å². The third kappa shape index (κ3) is 4.63. The van der Waals surface area contributed by atoms with Crippen LogP contribution < -0.4 is 19.7 Å². The number of aryl methyl sites for hydroxylation is 1. The number of nitrogens with zero attached hydrogens (tertiary/aromatic N) is 3.